The van der Waals surface area contributed by atoms with Gasteiger partial charge in [0.05, 0.1) is 19.2 Å². The first kappa shape index (κ1) is 35.5. The molecule has 10 fully saturated rings. The lowest BCUT2D eigenvalue weighted by Gasteiger charge is -2.64. The van der Waals surface area contributed by atoms with Crippen molar-refractivity contribution in [3.63, 3.8) is 0 Å². The summed E-state index contributed by atoms with van der Waals surface area (Å²) >= 11 is 0. The van der Waals surface area contributed by atoms with Gasteiger partial charge in [-0.3, -0.25) is 9.59 Å². The van der Waals surface area contributed by atoms with Crippen LogP contribution in [0, 0.1) is 77.0 Å². The molecule has 2 saturated heterocycles. The Kier molecular flexibility index (Phi) is 9.03. The molecule has 8 saturated carbocycles. The number of aliphatic hydroxyl groups is 1. The monoisotopic (exact) mass is 719 g/mol. The lowest BCUT2D eigenvalue weighted by atomic mass is 9.41. The van der Waals surface area contributed by atoms with Gasteiger partial charge in [-0.1, -0.05) is 56.3 Å². The van der Waals surface area contributed by atoms with E-state index in [0.717, 1.165) is 47.5 Å². The zero-order chi connectivity index (χ0) is 36.6. The molecule has 12 rings (SSSR count). The van der Waals surface area contributed by atoms with Gasteiger partial charge in [-0.05, 0) is 146 Å². The molecule has 0 unspecified atom stereocenters. The van der Waals surface area contributed by atoms with Crippen LogP contribution in [0.1, 0.15) is 89.2 Å². The minimum absolute atomic E-state index is 0.0165. The number of β-amino-alcohol motifs (C(OH)–C–C–N with tert-alkyl or cyclic N) is 1. The number of halogens is 1. The molecule has 1 N–H and O–H groups in total. The van der Waals surface area contributed by atoms with E-state index in [1.807, 2.05) is 21.9 Å². The molecular weight excluding hydrogens is 662 g/mol. The highest BCUT2D eigenvalue weighted by atomic mass is 19.1. The lowest BCUT2D eigenvalue weighted by Crippen LogP contribution is -2.61. The van der Waals surface area contributed by atoms with E-state index in [4.69, 9.17) is 6.57 Å². The van der Waals surface area contributed by atoms with E-state index >= 15 is 0 Å². The summed E-state index contributed by atoms with van der Waals surface area (Å²) in [5, 5.41) is 9.60. The first-order valence-electron chi connectivity index (χ1n) is 21.0. The maximum Gasteiger partial charge on any atom is 0.258 e. The smallest absolute Gasteiger partial charge is 0.258 e. The molecule has 2 heterocycles. The van der Waals surface area contributed by atoms with Crippen molar-refractivity contribution in [3.05, 3.63) is 83.0 Å². The second kappa shape index (κ2) is 13.5. The van der Waals surface area contributed by atoms with Gasteiger partial charge in [-0.2, -0.15) is 0 Å². The number of aliphatic hydroxyl groups excluding tert-OH is 1. The molecule has 2 aliphatic heterocycles. The number of likely N-dealkylation sites (tertiary alicyclic amines) is 2. The van der Waals surface area contributed by atoms with Gasteiger partial charge in [0, 0.05) is 31.3 Å². The van der Waals surface area contributed by atoms with Crippen molar-refractivity contribution >= 4 is 11.8 Å². The summed E-state index contributed by atoms with van der Waals surface area (Å²) in [6.45, 7) is 14.3. The normalized spacial score (nSPS) is 40.6. The van der Waals surface area contributed by atoms with Crippen LogP contribution in [0.5, 0.6) is 0 Å². The third kappa shape index (κ3) is 5.96. The Hall–Kier alpha value is -3.24. The van der Waals surface area contributed by atoms with E-state index in [-0.39, 0.29) is 40.6 Å². The van der Waals surface area contributed by atoms with E-state index in [9.17, 15) is 19.1 Å². The fourth-order valence-electron chi connectivity index (χ4n) is 14.0. The maximum atomic E-state index is 13.4. The predicted octanol–water partition coefficient (Wildman–Crippen LogP) is 7.80. The van der Waals surface area contributed by atoms with Crippen LogP contribution in [0.4, 0.5) is 4.39 Å². The fraction of sp³-hybridized carbons (Fsp3) is 0.674. The number of rotatable bonds is 7. The van der Waals surface area contributed by atoms with Crippen molar-refractivity contribution in [3.8, 4) is 0 Å². The Morgan fingerprint density at radius 2 is 1.19 bits per heavy atom. The molecular formula is C46H58FN3O3. The van der Waals surface area contributed by atoms with E-state index in [1.54, 1.807) is 12.1 Å². The molecule has 7 heteroatoms. The van der Waals surface area contributed by atoms with E-state index in [1.165, 1.54) is 56.9 Å². The van der Waals surface area contributed by atoms with Crippen LogP contribution in [0.3, 0.4) is 0 Å². The topological polar surface area (TPSA) is 65.2 Å². The fourth-order valence-corrected chi connectivity index (χ4v) is 14.0. The van der Waals surface area contributed by atoms with Crippen LogP contribution in [-0.4, -0.2) is 65.0 Å². The van der Waals surface area contributed by atoms with Crippen LogP contribution in [0.25, 0.3) is 4.85 Å². The van der Waals surface area contributed by atoms with Crippen molar-refractivity contribution in [2.45, 2.75) is 102 Å². The van der Waals surface area contributed by atoms with E-state index in [0.29, 0.717) is 62.7 Å². The number of carbonyl (C=O) groups is 2. The summed E-state index contributed by atoms with van der Waals surface area (Å²) in [7, 11) is 0. The van der Waals surface area contributed by atoms with Crippen molar-refractivity contribution in [1.82, 2.24) is 9.80 Å². The Balaban J connectivity index is 0.000000141. The zero-order valence-corrected chi connectivity index (χ0v) is 31.7. The molecule has 0 atom stereocenters. The Bertz CT molecular complexity index is 1660. The SMILES string of the molecule is CC1C2CC3CC1CC(C2)C3(CC(=O)N1CC(O)C1)Cc1ccc(F)cc1.[C-]#[N+]C1CN(C(=O)CC2(c3ccccc3)C3CC4CC2CC(C3)C4C)C1. The zero-order valence-electron chi connectivity index (χ0n) is 31.7. The van der Waals surface area contributed by atoms with Crippen LogP contribution in [0.2, 0.25) is 0 Å². The summed E-state index contributed by atoms with van der Waals surface area (Å²) < 4.78 is 13.4. The second-order valence-electron chi connectivity index (χ2n) is 19.3. The van der Waals surface area contributed by atoms with Gasteiger partial charge in [0.1, 0.15) is 5.82 Å². The molecule has 8 aliphatic carbocycles. The van der Waals surface area contributed by atoms with Crippen LogP contribution >= 0.6 is 0 Å². The highest BCUT2D eigenvalue weighted by Crippen LogP contribution is 2.67. The number of carbonyl (C=O) groups excluding carboxylic acids is 2. The lowest BCUT2D eigenvalue weighted by molar-refractivity contribution is -0.164. The van der Waals surface area contributed by atoms with Gasteiger partial charge < -0.3 is 19.8 Å². The number of nitrogens with zero attached hydrogens (tertiary/aromatic N) is 3. The number of hydrogen-bond donors (Lipinski definition) is 1. The maximum absolute atomic E-state index is 13.4. The third-order valence-electron chi connectivity index (χ3n) is 17.0. The number of benzene rings is 2. The highest BCUT2D eigenvalue weighted by molar-refractivity contribution is 5.79. The average Bonchev–Trinajstić information content (AvgIpc) is 3.10. The summed E-state index contributed by atoms with van der Waals surface area (Å²) in [4.78, 5) is 33.5. The van der Waals surface area contributed by atoms with Crippen molar-refractivity contribution in [1.29, 1.82) is 0 Å². The average molecular weight is 720 g/mol. The van der Waals surface area contributed by atoms with Gasteiger partial charge in [0.2, 0.25) is 11.8 Å². The van der Waals surface area contributed by atoms with Gasteiger partial charge in [-0.15, -0.1) is 0 Å². The van der Waals surface area contributed by atoms with Gasteiger partial charge in [0.15, 0.2) is 0 Å². The molecule has 53 heavy (non-hydrogen) atoms. The van der Waals surface area contributed by atoms with Crippen molar-refractivity contribution < 1.29 is 19.1 Å². The molecule has 2 aromatic carbocycles. The molecule has 2 amide bonds. The largest absolute Gasteiger partial charge is 0.389 e. The van der Waals surface area contributed by atoms with Crippen LogP contribution in [-0.2, 0) is 21.4 Å². The summed E-state index contributed by atoms with van der Waals surface area (Å²) in [5.41, 5.74) is 2.61. The van der Waals surface area contributed by atoms with E-state index < -0.39 is 0 Å². The summed E-state index contributed by atoms with van der Waals surface area (Å²) in [6.07, 6.45) is 12.0. The first-order chi connectivity index (χ1) is 25.6. The molecule has 0 radical (unpaired) electrons. The van der Waals surface area contributed by atoms with Gasteiger partial charge in [-0.25, -0.2) is 11.0 Å². The van der Waals surface area contributed by atoms with Crippen molar-refractivity contribution in [2.75, 3.05) is 26.2 Å². The quantitative estimate of drug-likeness (QED) is 0.297. The highest BCUT2D eigenvalue weighted by Gasteiger charge is 2.62. The van der Waals surface area contributed by atoms with Crippen molar-refractivity contribution in [2.24, 2.45) is 64.6 Å². The Labute approximate surface area is 315 Å². The molecule has 282 valence electrons. The molecule has 10 aliphatic rings. The Morgan fingerprint density at radius 3 is 1.68 bits per heavy atom. The molecule has 0 spiro atoms. The third-order valence-corrected chi connectivity index (χ3v) is 17.0. The number of amides is 2. The summed E-state index contributed by atoms with van der Waals surface area (Å²) in [5.74, 6) is 7.95. The van der Waals surface area contributed by atoms with Gasteiger partial charge >= 0.3 is 0 Å². The minimum Gasteiger partial charge on any atom is -0.389 e. The number of hydrogen-bond acceptors (Lipinski definition) is 3. The Morgan fingerprint density at radius 1 is 0.717 bits per heavy atom. The van der Waals surface area contributed by atoms with Crippen LogP contribution < -0.4 is 0 Å². The second-order valence-corrected chi connectivity index (χ2v) is 19.3. The molecule has 6 nitrogen and oxygen atoms in total. The van der Waals surface area contributed by atoms with Crippen LogP contribution in [0.15, 0.2) is 54.6 Å². The summed E-state index contributed by atoms with van der Waals surface area (Å²) in [6, 6.07) is 17.9. The van der Waals surface area contributed by atoms with E-state index in [2.05, 4.69) is 49.0 Å². The molecule has 8 bridgehead atoms. The van der Waals surface area contributed by atoms with Gasteiger partial charge in [0.25, 0.3) is 6.04 Å². The minimum atomic E-state index is -0.346. The molecule has 0 aromatic heterocycles. The first-order valence-corrected chi connectivity index (χ1v) is 21.0. The standard InChI is InChI=1S/C23H30FNO2.C23H28N2O/c1-14-16-6-18-8-17(14)9-19(7-16)23(18,10-15-2-4-20(24)5-3-15)11-22(27)25-12-21(26)13-25;1-15-16-8-19-10-17(15)11-20(9-16)23(19,18-6-4-3-5-7-18)12-22(26)25-13-21(14-25)24-2/h2-5,14,16-19,21,26H,6-13H2,1H3;3-7,15-17,19-21H,8-14H2,1H3. The molecule has 2 aromatic rings. The predicted molar refractivity (Wildman–Crippen MR) is 203 cm³/mol.